The highest BCUT2D eigenvalue weighted by Crippen LogP contribution is 2.21. The topological polar surface area (TPSA) is 80.3 Å². The fraction of sp³-hybridized carbons (Fsp3) is 0.600. The third-order valence-electron chi connectivity index (χ3n) is 4.03. The molecule has 5 nitrogen and oxygen atoms in total. The molecule has 2 rings (SSSR count). The van der Waals surface area contributed by atoms with E-state index in [-0.39, 0.29) is 28.9 Å². The first-order chi connectivity index (χ1) is 10.2. The summed E-state index contributed by atoms with van der Waals surface area (Å²) in [6.45, 7) is 4.38. The molecule has 0 aromatic heterocycles. The first kappa shape index (κ1) is 17.4. The number of benzene rings is 1. The van der Waals surface area contributed by atoms with Gasteiger partial charge >= 0.3 is 0 Å². The molecule has 1 N–H and O–H groups in total. The second kappa shape index (κ2) is 6.68. The molecule has 22 heavy (non-hydrogen) atoms. The quantitative estimate of drug-likeness (QED) is 0.854. The van der Waals surface area contributed by atoms with Gasteiger partial charge in [-0.2, -0.15) is 0 Å². The van der Waals surface area contributed by atoms with E-state index in [4.69, 9.17) is 0 Å². The molecular weight excluding hydrogens is 322 g/mol. The molecule has 0 amide bonds. The Morgan fingerprint density at radius 3 is 2.36 bits per heavy atom. The van der Waals surface area contributed by atoms with Crippen LogP contribution in [0.2, 0.25) is 0 Å². The van der Waals surface area contributed by atoms with Crippen molar-refractivity contribution in [3.05, 3.63) is 29.8 Å². The third-order valence-corrected chi connectivity index (χ3v) is 7.34. The predicted octanol–water partition coefficient (Wildman–Crippen LogP) is 1.91. The third kappa shape index (κ3) is 4.54. The minimum atomic E-state index is -3.52. The maximum absolute atomic E-state index is 12.2. The monoisotopic (exact) mass is 345 g/mol. The Bertz CT molecular complexity index is 706. The van der Waals surface area contributed by atoms with Crippen molar-refractivity contribution in [1.82, 2.24) is 4.72 Å². The first-order valence-electron chi connectivity index (χ1n) is 7.50. The van der Waals surface area contributed by atoms with Crippen LogP contribution in [0.4, 0.5) is 0 Å². The number of hydrogen-bond acceptors (Lipinski definition) is 4. The Hall–Kier alpha value is -0.920. The number of nitrogens with one attached hydrogen (secondary N) is 1. The van der Waals surface area contributed by atoms with E-state index in [1.165, 1.54) is 0 Å². The average Bonchev–Trinajstić information content (AvgIpc) is 2.78. The molecule has 1 heterocycles. The number of sulfone groups is 1. The fourth-order valence-corrected chi connectivity index (χ4v) is 5.57. The Morgan fingerprint density at radius 2 is 1.86 bits per heavy atom. The molecule has 7 heteroatoms. The summed E-state index contributed by atoms with van der Waals surface area (Å²) in [5.41, 5.74) is 1.09. The minimum absolute atomic E-state index is 0.0658. The number of rotatable bonds is 6. The zero-order valence-electron chi connectivity index (χ0n) is 12.9. The normalized spacial score (nSPS) is 21.3. The van der Waals surface area contributed by atoms with E-state index < -0.39 is 19.9 Å². The van der Waals surface area contributed by atoms with Gasteiger partial charge in [-0.1, -0.05) is 26.0 Å². The van der Waals surface area contributed by atoms with Gasteiger partial charge in [0.15, 0.2) is 9.84 Å². The molecule has 1 saturated heterocycles. The van der Waals surface area contributed by atoms with E-state index in [2.05, 4.69) is 18.6 Å². The molecule has 0 radical (unpaired) electrons. The van der Waals surface area contributed by atoms with E-state index in [0.717, 1.165) is 5.56 Å². The number of hydrogen-bond donors (Lipinski definition) is 1. The van der Waals surface area contributed by atoms with Crippen LogP contribution < -0.4 is 4.72 Å². The van der Waals surface area contributed by atoms with Gasteiger partial charge in [0.1, 0.15) is 0 Å². The van der Waals surface area contributed by atoms with E-state index in [9.17, 15) is 16.8 Å². The van der Waals surface area contributed by atoms with Gasteiger partial charge in [0, 0.05) is 6.54 Å². The molecule has 1 atom stereocenters. The summed E-state index contributed by atoms with van der Waals surface area (Å²) < 4.78 is 49.7. The van der Waals surface area contributed by atoms with Crippen LogP contribution in [-0.4, -0.2) is 34.9 Å². The molecule has 1 aliphatic heterocycles. The maximum Gasteiger partial charge on any atom is 0.240 e. The van der Waals surface area contributed by atoms with Crippen LogP contribution in [0.3, 0.4) is 0 Å². The van der Waals surface area contributed by atoms with E-state index in [0.29, 0.717) is 18.8 Å². The lowest BCUT2D eigenvalue weighted by Gasteiger charge is -2.11. The molecule has 1 fully saturated rings. The molecule has 1 aromatic rings. The summed E-state index contributed by atoms with van der Waals surface area (Å²) in [4.78, 5) is 0.246. The predicted molar refractivity (Wildman–Crippen MR) is 87.1 cm³/mol. The summed E-state index contributed by atoms with van der Waals surface area (Å²) in [5, 5.41) is 0. The Labute approximate surface area is 133 Å². The molecule has 1 aliphatic rings. The van der Waals surface area contributed by atoms with Gasteiger partial charge in [0.25, 0.3) is 0 Å². The van der Waals surface area contributed by atoms with E-state index in [1.54, 1.807) is 12.1 Å². The Balaban J connectivity index is 1.91. The standard InChI is InChI=1S/C15H23NO4S2/c1-12(2)14-3-5-15(6-4-14)22(19,20)16-9-7-13-8-10-21(17,18)11-13/h3-6,12-13,16H,7-11H2,1-2H3. The van der Waals surface area contributed by atoms with Crippen LogP contribution in [0.15, 0.2) is 29.2 Å². The lowest BCUT2D eigenvalue weighted by atomic mass is 10.0. The van der Waals surface area contributed by atoms with Crippen LogP contribution in [0.5, 0.6) is 0 Å². The number of sulfonamides is 1. The van der Waals surface area contributed by atoms with Crippen molar-refractivity contribution in [2.24, 2.45) is 5.92 Å². The van der Waals surface area contributed by atoms with Crippen molar-refractivity contribution in [1.29, 1.82) is 0 Å². The average molecular weight is 345 g/mol. The van der Waals surface area contributed by atoms with Crippen molar-refractivity contribution in [2.75, 3.05) is 18.1 Å². The summed E-state index contributed by atoms with van der Waals surface area (Å²) in [7, 11) is -6.43. The fourth-order valence-electron chi connectivity index (χ4n) is 2.61. The lowest BCUT2D eigenvalue weighted by molar-refractivity contribution is 0.527. The summed E-state index contributed by atoms with van der Waals surface area (Å²) in [6.07, 6.45) is 1.19. The Morgan fingerprint density at radius 1 is 1.23 bits per heavy atom. The van der Waals surface area contributed by atoms with Gasteiger partial charge in [-0.3, -0.25) is 0 Å². The largest absolute Gasteiger partial charge is 0.240 e. The van der Waals surface area contributed by atoms with Crippen LogP contribution in [-0.2, 0) is 19.9 Å². The smallest absolute Gasteiger partial charge is 0.229 e. The molecule has 1 aromatic carbocycles. The van der Waals surface area contributed by atoms with Gasteiger partial charge in [-0.15, -0.1) is 0 Å². The van der Waals surface area contributed by atoms with Crippen molar-refractivity contribution in [3.8, 4) is 0 Å². The van der Waals surface area contributed by atoms with Crippen molar-refractivity contribution in [2.45, 2.75) is 37.5 Å². The highest BCUT2D eigenvalue weighted by molar-refractivity contribution is 7.91. The van der Waals surface area contributed by atoms with E-state index in [1.807, 2.05) is 12.1 Å². The summed E-state index contributed by atoms with van der Waals surface area (Å²) in [6, 6.07) is 6.86. The highest BCUT2D eigenvalue weighted by Gasteiger charge is 2.27. The molecule has 1 unspecified atom stereocenters. The van der Waals surface area contributed by atoms with Gasteiger partial charge in [0.2, 0.25) is 10.0 Å². The molecule has 0 aliphatic carbocycles. The van der Waals surface area contributed by atoms with E-state index >= 15 is 0 Å². The van der Waals surface area contributed by atoms with Crippen LogP contribution in [0.1, 0.15) is 38.2 Å². The molecule has 0 bridgehead atoms. The molecule has 124 valence electrons. The second-order valence-corrected chi connectivity index (χ2v) is 10.2. The Kier molecular flexibility index (Phi) is 5.29. The zero-order valence-corrected chi connectivity index (χ0v) is 14.6. The lowest BCUT2D eigenvalue weighted by Crippen LogP contribution is -2.26. The van der Waals surface area contributed by atoms with Crippen molar-refractivity contribution in [3.63, 3.8) is 0 Å². The van der Waals surface area contributed by atoms with Gasteiger partial charge in [-0.05, 0) is 42.4 Å². The molecule has 0 saturated carbocycles. The van der Waals surface area contributed by atoms with Crippen molar-refractivity contribution >= 4 is 19.9 Å². The van der Waals surface area contributed by atoms with Gasteiger partial charge in [0.05, 0.1) is 16.4 Å². The summed E-state index contributed by atoms with van der Waals surface area (Å²) >= 11 is 0. The van der Waals surface area contributed by atoms with Crippen LogP contribution >= 0.6 is 0 Å². The van der Waals surface area contributed by atoms with Gasteiger partial charge < -0.3 is 0 Å². The highest BCUT2D eigenvalue weighted by atomic mass is 32.2. The molecular formula is C15H23NO4S2. The summed E-state index contributed by atoms with van der Waals surface area (Å²) in [5.74, 6) is 0.823. The first-order valence-corrected chi connectivity index (χ1v) is 10.8. The van der Waals surface area contributed by atoms with Crippen LogP contribution in [0, 0.1) is 5.92 Å². The van der Waals surface area contributed by atoms with Crippen LogP contribution in [0.25, 0.3) is 0 Å². The maximum atomic E-state index is 12.2. The minimum Gasteiger partial charge on any atom is -0.229 e. The zero-order chi connectivity index (χ0) is 16.4. The SMILES string of the molecule is CC(C)c1ccc(S(=O)(=O)NCCC2CCS(=O)(=O)C2)cc1. The van der Waals surface area contributed by atoms with Gasteiger partial charge in [-0.25, -0.2) is 21.6 Å². The second-order valence-electron chi connectivity index (χ2n) is 6.18. The molecule has 0 spiro atoms. The van der Waals surface area contributed by atoms with Crippen molar-refractivity contribution < 1.29 is 16.8 Å².